The Morgan fingerprint density at radius 2 is 1.69 bits per heavy atom. The van der Waals surface area contributed by atoms with Crippen LogP contribution in [0.2, 0.25) is 0 Å². The van der Waals surface area contributed by atoms with Crippen LogP contribution in [0, 0.1) is 0 Å². The average Bonchev–Trinajstić information content (AvgIpc) is 2.72. The van der Waals surface area contributed by atoms with Crippen LogP contribution in [-0.2, 0) is 11.2 Å². The highest BCUT2D eigenvalue weighted by Crippen LogP contribution is 2.37. The molecule has 2 rings (SSSR count). The van der Waals surface area contributed by atoms with Crippen LogP contribution in [0.3, 0.4) is 0 Å². The Bertz CT molecular complexity index is 775. The van der Waals surface area contributed by atoms with Crippen molar-refractivity contribution in [1.29, 1.82) is 0 Å². The summed E-state index contributed by atoms with van der Waals surface area (Å²) in [5, 5.41) is 7.18. The van der Waals surface area contributed by atoms with Crippen LogP contribution in [0.5, 0.6) is 17.2 Å². The van der Waals surface area contributed by atoms with Gasteiger partial charge in [-0.3, -0.25) is 4.79 Å². The Balaban J connectivity index is 0.00000420. The molecule has 0 aliphatic rings. The number of hydrazone groups is 1. The van der Waals surface area contributed by atoms with Gasteiger partial charge in [-0.15, -0.1) is 12.4 Å². The molecule has 0 heterocycles. The summed E-state index contributed by atoms with van der Waals surface area (Å²) in [6.45, 7) is 2.22. The van der Waals surface area contributed by atoms with Crippen molar-refractivity contribution in [2.24, 2.45) is 5.10 Å². The van der Waals surface area contributed by atoms with Gasteiger partial charge in [0.1, 0.15) is 0 Å². The number of methoxy groups -OCH3 is 3. The van der Waals surface area contributed by atoms with Crippen LogP contribution >= 0.6 is 12.4 Å². The highest BCUT2D eigenvalue weighted by molar-refractivity contribution is 5.85. The second-order valence-electron chi connectivity index (χ2n) is 6.22. The SMILES string of the molecule is COc1cc(/C=N/NC(=O)CNC(C)Cc2ccccc2)cc(OC)c1OC.Cl. The largest absolute Gasteiger partial charge is 0.493 e. The van der Waals surface area contributed by atoms with E-state index < -0.39 is 0 Å². The number of ether oxygens (including phenoxy) is 3. The fourth-order valence-electron chi connectivity index (χ4n) is 2.70. The third-order valence-electron chi connectivity index (χ3n) is 4.09. The van der Waals surface area contributed by atoms with E-state index in [0.717, 1.165) is 6.42 Å². The van der Waals surface area contributed by atoms with Gasteiger partial charge in [-0.25, -0.2) is 5.43 Å². The van der Waals surface area contributed by atoms with Crippen LogP contribution in [0.4, 0.5) is 0 Å². The zero-order valence-corrected chi connectivity index (χ0v) is 17.9. The predicted molar refractivity (Wildman–Crippen MR) is 117 cm³/mol. The third-order valence-corrected chi connectivity index (χ3v) is 4.09. The van der Waals surface area contributed by atoms with E-state index in [1.807, 2.05) is 25.1 Å². The zero-order valence-electron chi connectivity index (χ0n) is 17.1. The summed E-state index contributed by atoms with van der Waals surface area (Å²) in [7, 11) is 4.63. The smallest absolute Gasteiger partial charge is 0.254 e. The molecule has 1 amide bonds. The number of carbonyl (C=O) groups is 1. The monoisotopic (exact) mass is 421 g/mol. The van der Waals surface area contributed by atoms with Crippen molar-refractivity contribution in [1.82, 2.24) is 10.7 Å². The summed E-state index contributed by atoms with van der Waals surface area (Å²) < 4.78 is 15.9. The van der Waals surface area contributed by atoms with Crippen molar-refractivity contribution in [3.63, 3.8) is 0 Å². The van der Waals surface area contributed by atoms with E-state index in [2.05, 4.69) is 28.0 Å². The number of halogens is 1. The zero-order chi connectivity index (χ0) is 20.4. The van der Waals surface area contributed by atoms with Gasteiger partial charge < -0.3 is 19.5 Å². The number of nitrogens with one attached hydrogen (secondary N) is 2. The summed E-state index contributed by atoms with van der Waals surface area (Å²) in [6, 6.07) is 13.8. The van der Waals surface area contributed by atoms with Gasteiger partial charge >= 0.3 is 0 Å². The second kappa shape index (κ2) is 12.6. The number of benzene rings is 2. The van der Waals surface area contributed by atoms with Crippen LogP contribution in [0.1, 0.15) is 18.1 Å². The van der Waals surface area contributed by atoms with Crippen molar-refractivity contribution >= 4 is 24.5 Å². The Hall–Kier alpha value is -2.77. The summed E-state index contributed by atoms with van der Waals surface area (Å²) in [4.78, 5) is 12.0. The molecule has 158 valence electrons. The van der Waals surface area contributed by atoms with Crippen molar-refractivity contribution in [2.75, 3.05) is 27.9 Å². The molecule has 1 atom stereocenters. The fourth-order valence-corrected chi connectivity index (χ4v) is 2.70. The van der Waals surface area contributed by atoms with Gasteiger partial charge in [0, 0.05) is 11.6 Å². The van der Waals surface area contributed by atoms with E-state index in [0.29, 0.717) is 22.8 Å². The Kier molecular flexibility index (Phi) is 10.6. The minimum Gasteiger partial charge on any atom is -0.493 e. The molecule has 2 N–H and O–H groups in total. The maximum atomic E-state index is 12.0. The lowest BCUT2D eigenvalue weighted by Crippen LogP contribution is -2.37. The minimum absolute atomic E-state index is 0. The summed E-state index contributed by atoms with van der Waals surface area (Å²) in [5.41, 5.74) is 4.44. The van der Waals surface area contributed by atoms with Gasteiger partial charge in [0.2, 0.25) is 5.75 Å². The summed E-state index contributed by atoms with van der Waals surface area (Å²) in [5.74, 6) is 1.32. The topological polar surface area (TPSA) is 81.2 Å². The van der Waals surface area contributed by atoms with Gasteiger partial charge in [-0.2, -0.15) is 5.10 Å². The molecule has 0 radical (unpaired) electrons. The normalized spacial score (nSPS) is 11.4. The number of amides is 1. The van der Waals surface area contributed by atoms with E-state index in [4.69, 9.17) is 14.2 Å². The minimum atomic E-state index is -0.219. The Labute approximate surface area is 177 Å². The number of nitrogens with zero attached hydrogens (tertiary/aromatic N) is 1. The molecule has 1 unspecified atom stereocenters. The molecule has 0 spiro atoms. The summed E-state index contributed by atoms with van der Waals surface area (Å²) >= 11 is 0. The molecule has 7 nitrogen and oxygen atoms in total. The van der Waals surface area contributed by atoms with Crippen LogP contribution < -0.4 is 25.0 Å². The number of hydrogen-bond acceptors (Lipinski definition) is 6. The van der Waals surface area contributed by atoms with Gasteiger partial charge in [-0.1, -0.05) is 30.3 Å². The average molecular weight is 422 g/mol. The van der Waals surface area contributed by atoms with Gasteiger partial charge in [0.05, 0.1) is 34.1 Å². The van der Waals surface area contributed by atoms with E-state index in [9.17, 15) is 4.79 Å². The Morgan fingerprint density at radius 1 is 1.07 bits per heavy atom. The van der Waals surface area contributed by atoms with Gasteiger partial charge in [0.25, 0.3) is 5.91 Å². The van der Waals surface area contributed by atoms with Crippen molar-refractivity contribution in [3.05, 3.63) is 53.6 Å². The van der Waals surface area contributed by atoms with Crippen molar-refractivity contribution in [2.45, 2.75) is 19.4 Å². The van der Waals surface area contributed by atoms with E-state index in [1.54, 1.807) is 33.5 Å². The molecule has 0 aliphatic heterocycles. The van der Waals surface area contributed by atoms with Gasteiger partial charge in [-0.05, 0) is 31.0 Å². The molecule has 2 aromatic rings. The molecule has 0 fully saturated rings. The van der Waals surface area contributed by atoms with Crippen LogP contribution in [-0.4, -0.2) is 46.0 Å². The van der Waals surface area contributed by atoms with Crippen molar-refractivity contribution < 1.29 is 19.0 Å². The first kappa shape index (κ1) is 24.3. The molecule has 0 saturated heterocycles. The van der Waals surface area contributed by atoms with Crippen LogP contribution in [0.25, 0.3) is 0 Å². The number of carbonyl (C=O) groups excluding carboxylic acids is 1. The first-order chi connectivity index (χ1) is 13.6. The van der Waals surface area contributed by atoms with Gasteiger partial charge in [0.15, 0.2) is 11.5 Å². The lowest BCUT2D eigenvalue weighted by molar-refractivity contribution is -0.120. The molecule has 0 bridgehead atoms. The Morgan fingerprint density at radius 3 is 2.24 bits per heavy atom. The molecule has 8 heteroatoms. The maximum Gasteiger partial charge on any atom is 0.254 e. The lowest BCUT2D eigenvalue weighted by atomic mass is 10.1. The van der Waals surface area contributed by atoms with Crippen LogP contribution in [0.15, 0.2) is 47.6 Å². The standard InChI is InChI=1S/C21H27N3O4.ClH/c1-15(10-16-8-6-5-7-9-16)22-14-20(25)24-23-13-17-11-18(26-2)21(28-4)19(12-17)27-3;/h5-9,11-13,15,22H,10,14H2,1-4H3,(H,24,25);1H/b23-13+;. The lowest BCUT2D eigenvalue weighted by Gasteiger charge is -2.13. The highest BCUT2D eigenvalue weighted by Gasteiger charge is 2.12. The number of hydrogen-bond donors (Lipinski definition) is 2. The molecule has 0 aromatic heterocycles. The molecule has 0 aliphatic carbocycles. The fraction of sp³-hybridized carbons (Fsp3) is 0.333. The second-order valence-corrected chi connectivity index (χ2v) is 6.22. The van der Waals surface area contributed by atoms with E-state index >= 15 is 0 Å². The molecular weight excluding hydrogens is 394 g/mol. The third kappa shape index (κ3) is 7.63. The number of rotatable bonds is 10. The molecule has 0 saturated carbocycles. The molecule has 29 heavy (non-hydrogen) atoms. The molecular formula is C21H28ClN3O4. The van der Waals surface area contributed by atoms with Crippen molar-refractivity contribution in [3.8, 4) is 17.2 Å². The first-order valence-electron chi connectivity index (χ1n) is 8.96. The predicted octanol–water partition coefficient (Wildman–Crippen LogP) is 2.81. The maximum absolute atomic E-state index is 12.0. The quantitative estimate of drug-likeness (QED) is 0.455. The first-order valence-corrected chi connectivity index (χ1v) is 8.96. The molecule has 2 aromatic carbocycles. The summed E-state index contributed by atoms with van der Waals surface area (Å²) in [6.07, 6.45) is 2.37. The highest BCUT2D eigenvalue weighted by atomic mass is 35.5. The van der Waals surface area contributed by atoms with E-state index in [1.165, 1.54) is 11.8 Å². The van der Waals surface area contributed by atoms with E-state index in [-0.39, 0.29) is 30.9 Å².